The number of nitrogens with two attached hydrogens (primary N) is 1. The Hall–Kier alpha value is -1.08. The summed E-state index contributed by atoms with van der Waals surface area (Å²) in [5.41, 5.74) is 5.71. The second-order valence-electron chi connectivity index (χ2n) is 4.22. The maximum absolute atomic E-state index is 10.4. The van der Waals surface area contributed by atoms with Gasteiger partial charge in [0.2, 0.25) is 5.89 Å². The molecule has 0 spiro atoms. The molecule has 1 aromatic rings. The molecule has 3 N–H and O–H groups in total. The van der Waals surface area contributed by atoms with Crippen molar-refractivity contribution in [3.63, 3.8) is 0 Å². The number of aryl methyl sites for hydroxylation is 1. The highest BCUT2D eigenvalue weighted by atomic mass is 32.2. The monoisotopic (exact) mass is 257 g/mol. The predicted molar refractivity (Wildman–Crippen MR) is 62.7 cm³/mol. The van der Waals surface area contributed by atoms with Gasteiger partial charge in [0.25, 0.3) is 0 Å². The highest BCUT2D eigenvalue weighted by Gasteiger charge is 2.34. The third kappa shape index (κ3) is 2.98. The van der Waals surface area contributed by atoms with Crippen molar-refractivity contribution in [1.29, 1.82) is 0 Å². The van der Waals surface area contributed by atoms with Gasteiger partial charge in [-0.05, 0) is 18.6 Å². The number of carboxylic acids is 1. The minimum absolute atomic E-state index is 0.00600. The minimum Gasteiger partial charge on any atom is -0.481 e. The Labute approximate surface area is 103 Å². The summed E-state index contributed by atoms with van der Waals surface area (Å²) < 4.78 is 5.02. The Balaban J connectivity index is 2.03. The van der Waals surface area contributed by atoms with E-state index in [0.717, 1.165) is 24.3 Å². The van der Waals surface area contributed by atoms with Crippen LogP contribution in [0.2, 0.25) is 0 Å². The predicted octanol–water partition coefficient (Wildman–Crippen LogP) is 0.768. The van der Waals surface area contributed by atoms with Gasteiger partial charge >= 0.3 is 5.97 Å². The van der Waals surface area contributed by atoms with Crippen molar-refractivity contribution in [2.45, 2.75) is 31.2 Å². The summed E-state index contributed by atoms with van der Waals surface area (Å²) in [6.07, 6.45) is 2.14. The largest absolute Gasteiger partial charge is 0.481 e. The smallest absolute Gasteiger partial charge is 0.303 e. The number of thioether (sulfide) groups is 1. The van der Waals surface area contributed by atoms with Crippen LogP contribution in [0, 0.1) is 0 Å². The summed E-state index contributed by atoms with van der Waals surface area (Å²) in [6, 6.07) is 0. The number of rotatable bonds is 4. The molecular weight excluding hydrogens is 242 g/mol. The van der Waals surface area contributed by atoms with Crippen molar-refractivity contribution in [2.75, 3.05) is 11.5 Å². The van der Waals surface area contributed by atoms with E-state index in [0.29, 0.717) is 11.7 Å². The average molecular weight is 257 g/mol. The molecule has 0 bridgehead atoms. The van der Waals surface area contributed by atoms with Crippen LogP contribution in [0.25, 0.3) is 0 Å². The van der Waals surface area contributed by atoms with E-state index < -0.39 is 11.5 Å². The molecule has 1 fully saturated rings. The van der Waals surface area contributed by atoms with Gasteiger partial charge in [-0.2, -0.15) is 16.7 Å². The van der Waals surface area contributed by atoms with Gasteiger partial charge in [0.15, 0.2) is 5.82 Å². The summed E-state index contributed by atoms with van der Waals surface area (Å²) in [5.74, 6) is 1.88. The fourth-order valence-corrected chi connectivity index (χ4v) is 2.90. The Bertz CT molecular complexity index is 401. The minimum atomic E-state index is -0.875. The number of carboxylic acid groups (broad SMARTS) is 1. The van der Waals surface area contributed by atoms with E-state index in [4.69, 9.17) is 15.4 Å². The van der Waals surface area contributed by atoms with Crippen LogP contribution in [0.15, 0.2) is 4.52 Å². The standard InChI is InChI=1S/C10H15N3O3S/c11-10(4-1-5-17-6-10)9-12-7(16-13-9)2-3-8(14)15/h1-6,11H2,(H,14,15). The summed E-state index contributed by atoms with van der Waals surface area (Å²) >= 11 is 1.78. The fraction of sp³-hybridized carbons (Fsp3) is 0.700. The van der Waals surface area contributed by atoms with E-state index in [2.05, 4.69) is 10.1 Å². The molecule has 1 unspecified atom stereocenters. The van der Waals surface area contributed by atoms with Crippen LogP contribution < -0.4 is 5.73 Å². The van der Waals surface area contributed by atoms with Crippen molar-refractivity contribution >= 4 is 17.7 Å². The van der Waals surface area contributed by atoms with E-state index in [1.165, 1.54) is 0 Å². The van der Waals surface area contributed by atoms with Gasteiger partial charge < -0.3 is 15.4 Å². The Morgan fingerprint density at radius 2 is 2.47 bits per heavy atom. The molecule has 1 aliphatic heterocycles. The van der Waals surface area contributed by atoms with Gasteiger partial charge in [-0.25, -0.2) is 0 Å². The zero-order chi connectivity index (χ0) is 12.3. The van der Waals surface area contributed by atoms with E-state index in [9.17, 15) is 4.79 Å². The average Bonchev–Trinajstić information content (AvgIpc) is 2.76. The zero-order valence-electron chi connectivity index (χ0n) is 9.39. The van der Waals surface area contributed by atoms with Crippen LogP contribution >= 0.6 is 11.8 Å². The van der Waals surface area contributed by atoms with Gasteiger partial charge in [-0.15, -0.1) is 0 Å². The fourth-order valence-electron chi connectivity index (χ4n) is 1.77. The first-order chi connectivity index (χ1) is 8.10. The molecule has 1 aromatic heterocycles. The van der Waals surface area contributed by atoms with Gasteiger partial charge in [0.05, 0.1) is 12.0 Å². The Morgan fingerprint density at radius 3 is 3.12 bits per heavy atom. The third-order valence-corrected chi connectivity index (χ3v) is 4.03. The Morgan fingerprint density at radius 1 is 1.65 bits per heavy atom. The summed E-state index contributed by atoms with van der Waals surface area (Å²) in [7, 11) is 0. The molecule has 17 heavy (non-hydrogen) atoms. The van der Waals surface area contributed by atoms with Gasteiger partial charge in [-0.1, -0.05) is 5.16 Å². The first-order valence-corrected chi connectivity index (χ1v) is 6.67. The summed E-state index contributed by atoms with van der Waals surface area (Å²) in [4.78, 5) is 14.6. The van der Waals surface area contributed by atoms with Crippen LogP contribution in [0.3, 0.4) is 0 Å². The number of aromatic nitrogens is 2. The lowest BCUT2D eigenvalue weighted by atomic mass is 9.96. The van der Waals surface area contributed by atoms with Crippen LogP contribution in [0.1, 0.15) is 31.0 Å². The molecule has 1 atom stereocenters. The van der Waals surface area contributed by atoms with Crippen LogP contribution in [-0.2, 0) is 16.8 Å². The second kappa shape index (κ2) is 5.05. The molecule has 0 aromatic carbocycles. The van der Waals surface area contributed by atoms with E-state index in [1.807, 2.05) is 0 Å². The summed E-state index contributed by atoms with van der Waals surface area (Å²) in [5, 5.41) is 12.4. The second-order valence-corrected chi connectivity index (χ2v) is 5.32. The molecule has 6 nitrogen and oxygen atoms in total. The van der Waals surface area contributed by atoms with Crippen LogP contribution in [-0.4, -0.2) is 32.7 Å². The lowest BCUT2D eigenvalue weighted by Gasteiger charge is -2.29. The van der Waals surface area contributed by atoms with E-state index in [1.54, 1.807) is 11.8 Å². The topological polar surface area (TPSA) is 102 Å². The molecule has 1 saturated heterocycles. The molecular formula is C10H15N3O3S. The third-order valence-electron chi connectivity index (χ3n) is 2.74. The molecule has 7 heteroatoms. The van der Waals surface area contributed by atoms with Crippen molar-refractivity contribution in [1.82, 2.24) is 10.1 Å². The van der Waals surface area contributed by atoms with Gasteiger partial charge in [0.1, 0.15) is 0 Å². The van der Waals surface area contributed by atoms with Crippen molar-refractivity contribution in [2.24, 2.45) is 5.73 Å². The highest BCUT2D eigenvalue weighted by Crippen LogP contribution is 2.31. The highest BCUT2D eigenvalue weighted by molar-refractivity contribution is 7.99. The molecule has 0 amide bonds. The maximum Gasteiger partial charge on any atom is 0.303 e. The number of aliphatic carboxylic acids is 1. The van der Waals surface area contributed by atoms with Gasteiger partial charge in [0, 0.05) is 12.2 Å². The molecule has 2 heterocycles. The van der Waals surface area contributed by atoms with Gasteiger partial charge in [-0.3, -0.25) is 4.79 Å². The van der Waals surface area contributed by atoms with E-state index >= 15 is 0 Å². The number of carbonyl (C=O) groups is 1. The quantitative estimate of drug-likeness (QED) is 0.821. The molecule has 0 saturated carbocycles. The molecule has 1 aliphatic rings. The van der Waals surface area contributed by atoms with Crippen molar-refractivity contribution in [3.8, 4) is 0 Å². The van der Waals surface area contributed by atoms with Crippen molar-refractivity contribution in [3.05, 3.63) is 11.7 Å². The first kappa shape index (κ1) is 12.4. The molecule has 2 rings (SSSR count). The zero-order valence-corrected chi connectivity index (χ0v) is 10.2. The molecule has 0 aliphatic carbocycles. The summed E-state index contributed by atoms with van der Waals surface area (Å²) in [6.45, 7) is 0. The van der Waals surface area contributed by atoms with E-state index in [-0.39, 0.29) is 12.8 Å². The van der Waals surface area contributed by atoms with Crippen molar-refractivity contribution < 1.29 is 14.4 Å². The van der Waals surface area contributed by atoms with Crippen LogP contribution in [0.4, 0.5) is 0 Å². The number of nitrogens with zero attached hydrogens (tertiary/aromatic N) is 2. The number of hydrogen-bond acceptors (Lipinski definition) is 6. The lowest BCUT2D eigenvalue weighted by molar-refractivity contribution is -0.137. The lowest BCUT2D eigenvalue weighted by Crippen LogP contribution is -2.42. The maximum atomic E-state index is 10.4. The Kier molecular flexibility index (Phi) is 3.68. The normalized spacial score (nSPS) is 24.8. The SMILES string of the molecule is NC1(c2noc(CCC(=O)O)n2)CCCSC1. The molecule has 0 radical (unpaired) electrons. The van der Waals surface area contributed by atoms with Crippen LogP contribution in [0.5, 0.6) is 0 Å². The number of hydrogen-bond donors (Lipinski definition) is 2. The first-order valence-electron chi connectivity index (χ1n) is 5.52. The molecule has 94 valence electrons.